The van der Waals surface area contributed by atoms with E-state index in [9.17, 15) is 4.79 Å². The lowest BCUT2D eigenvalue weighted by Crippen LogP contribution is -2.27. The number of hydrogen-bond donors (Lipinski definition) is 3. The number of hydrogen-bond acceptors (Lipinski definition) is 13. The first-order chi connectivity index (χ1) is 23.8. The average molecular weight is 706 g/mol. The number of carbonyl (C=O) groups excluding carboxylic acids is 1. The van der Waals surface area contributed by atoms with E-state index < -0.39 is 0 Å². The topological polar surface area (TPSA) is 179 Å². The van der Waals surface area contributed by atoms with Crippen molar-refractivity contribution in [1.29, 1.82) is 0 Å². The van der Waals surface area contributed by atoms with Crippen LogP contribution < -0.4 is 16.4 Å². The van der Waals surface area contributed by atoms with Gasteiger partial charge in [-0.15, -0.1) is 22.6 Å². The summed E-state index contributed by atoms with van der Waals surface area (Å²) in [5, 5.41) is 14.4. The van der Waals surface area contributed by atoms with Crippen molar-refractivity contribution in [3.63, 3.8) is 0 Å². The third-order valence-electron chi connectivity index (χ3n) is 6.93. The fraction of sp³-hybridized carbons (Fsp3) is 0.515. The van der Waals surface area contributed by atoms with E-state index in [0.717, 1.165) is 36.3 Å². The van der Waals surface area contributed by atoms with Crippen LogP contribution in [0.3, 0.4) is 0 Å². The molecule has 15 nitrogen and oxygen atoms in total. The summed E-state index contributed by atoms with van der Waals surface area (Å²) in [4.78, 5) is 17.1. The Hall–Kier alpha value is -3.67. The third kappa shape index (κ3) is 14.8. The molecule has 4 N–H and O–H groups in total. The Balaban J connectivity index is 0.00000650. The minimum Gasteiger partial charge on any atom is -0.467 e. The molecular formula is C33H48ClN7O8. The summed E-state index contributed by atoms with van der Waals surface area (Å²) < 4.78 is 40.0. The molecule has 1 aromatic carbocycles. The van der Waals surface area contributed by atoms with Crippen molar-refractivity contribution in [2.75, 3.05) is 97.7 Å². The molecule has 49 heavy (non-hydrogen) atoms. The number of halogens is 1. The van der Waals surface area contributed by atoms with E-state index >= 15 is 0 Å². The molecule has 16 heteroatoms. The van der Waals surface area contributed by atoms with Gasteiger partial charge in [0.1, 0.15) is 12.1 Å². The van der Waals surface area contributed by atoms with Crippen LogP contribution in [0.1, 0.15) is 29.0 Å². The molecule has 0 saturated heterocycles. The van der Waals surface area contributed by atoms with Crippen molar-refractivity contribution < 1.29 is 37.6 Å². The summed E-state index contributed by atoms with van der Waals surface area (Å²) in [5.41, 5.74) is 8.28. The lowest BCUT2D eigenvalue weighted by molar-refractivity contribution is -0.0166. The monoisotopic (exact) mass is 705 g/mol. The summed E-state index contributed by atoms with van der Waals surface area (Å²) in [6.45, 7) is 7.67. The largest absolute Gasteiger partial charge is 0.467 e. The zero-order valence-corrected chi connectivity index (χ0v) is 28.6. The van der Waals surface area contributed by atoms with Crippen LogP contribution in [0.25, 0.3) is 16.8 Å². The number of nitrogens with zero attached hydrogens (tertiary/aromatic N) is 4. The van der Waals surface area contributed by atoms with Gasteiger partial charge in [0.2, 0.25) is 5.95 Å². The fourth-order valence-electron chi connectivity index (χ4n) is 4.42. The number of anilines is 1. The van der Waals surface area contributed by atoms with Crippen LogP contribution in [0.4, 0.5) is 5.95 Å². The number of nitrogens with one attached hydrogen (secondary N) is 2. The van der Waals surface area contributed by atoms with E-state index in [1.165, 1.54) is 0 Å². The van der Waals surface area contributed by atoms with Gasteiger partial charge in [-0.25, -0.2) is 4.98 Å². The molecule has 0 atom stereocenters. The van der Waals surface area contributed by atoms with E-state index in [2.05, 4.69) is 25.8 Å². The number of carbonyl (C=O) groups is 1. The van der Waals surface area contributed by atoms with E-state index in [-0.39, 0.29) is 18.3 Å². The molecule has 1 amide bonds. The summed E-state index contributed by atoms with van der Waals surface area (Å²) in [5.74, 6) is 1.20. The van der Waals surface area contributed by atoms with Gasteiger partial charge in [0.25, 0.3) is 5.91 Å². The minimum atomic E-state index is -0.183. The predicted molar refractivity (Wildman–Crippen MR) is 185 cm³/mol. The summed E-state index contributed by atoms with van der Waals surface area (Å²) in [7, 11) is 0. The lowest BCUT2D eigenvalue weighted by atomic mass is 10.1. The zero-order valence-electron chi connectivity index (χ0n) is 27.8. The molecule has 0 saturated carbocycles. The van der Waals surface area contributed by atoms with E-state index in [0.29, 0.717) is 109 Å². The second kappa shape index (κ2) is 24.5. The SMILES string of the molecule is Cl.NCCCCOCCOCCOCCOCCOCCOCCNC(=O)c1ccc(-c2cnc(NCc3ccco3)n3cnnc23)cc1. The second-order valence-electron chi connectivity index (χ2n) is 10.5. The molecule has 4 rings (SSSR count). The number of unbranched alkanes of at least 4 members (excludes halogenated alkanes) is 1. The number of nitrogens with two attached hydrogens (primary N) is 1. The molecule has 0 unspecified atom stereocenters. The maximum absolute atomic E-state index is 12.6. The van der Waals surface area contributed by atoms with Crippen molar-refractivity contribution in [1.82, 2.24) is 24.9 Å². The molecule has 3 heterocycles. The molecule has 0 aliphatic carbocycles. The smallest absolute Gasteiger partial charge is 0.251 e. The van der Waals surface area contributed by atoms with Crippen LogP contribution in [0, 0.1) is 0 Å². The molecule has 0 bridgehead atoms. The average Bonchev–Trinajstić information content (AvgIpc) is 3.83. The molecule has 0 fully saturated rings. The van der Waals surface area contributed by atoms with Crippen LogP contribution in [0.5, 0.6) is 0 Å². The van der Waals surface area contributed by atoms with Crippen molar-refractivity contribution in [2.45, 2.75) is 19.4 Å². The van der Waals surface area contributed by atoms with Crippen LogP contribution in [0.2, 0.25) is 0 Å². The number of amides is 1. The van der Waals surface area contributed by atoms with Crippen molar-refractivity contribution in [3.05, 3.63) is 66.5 Å². The van der Waals surface area contributed by atoms with Gasteiger partial charge in [-0.05, 0) is 49.2 Å². The van der Waals surface area contributed by atoms with Gasteiger partial charge < -0.3 is 49.2 Å². The quantitative estimate of drug-likeness (QED) is 0.0772. The van der Waals surface area contributed by atoms with Gasteiger partial charge in [-0.2, -0.15) is 0 Å². The molecule has 270 valence electrons. The van der Waals surface area contributed by atoms with Crippen LogP contribution >= 0.6 is 12.4 Å². The third-order valence-corrected chi connectivity index (χ3v) is 6.93. The molecule has 0 aliphatic rings. The van der Waals surface area contributed by atoms with Crippen molar-refractivity contribution in [2.24, 2.45) is 5.73 Å². The second-order valence-corrected chi connectivity index (χ2v) is 10.5. The summed E-state index contributed by atoms with van der Waals surface area (Å²) >= 11 is 0. The first kappa shape index (κ1) is 39.8. The van der Waals surface area contributed by atoms with E-state index in [4.69, 9.17) is 38.6 Å². The lowest BCUT2D eigenvalue weighted by Gasteiger charge is -2.10. The van der Waals surface area contributed by atoms with Gasteiger partial charge in [0.05, 0.1) is 85.5 Å². The zero-order chi connectivity index (χ0) is 33.5. The van der Waals surface area contributed by atoms with E-state index in [1.54, 1.807) is 35.3 Å². The highest BCUT2D eigenvalue weighted by Crippen LogP contribution is 2.25. The van der Waals surface area contributed by atoms with Crippen LogP contribution in [-0.2, 0) is 35.0 Å². The molecule has 4 aromatic rings. The normalized spacial score (nSPS) is 11.1. The standard InChI is InChI=1S/C33H47N7O8.ClH/c34-9-1-2-11-42-14-16-44-18-20-46-22-23-47-21-19-45-17-15-43-13-10-35-32(41)28-7-5-27(6-8-28)30-25-37-33(40-26-38-39-31(30)40)36-24-29-4-3-12-48-29;/h3-8,12,25-26H,1-2,9-11,13-24,34H2,(H,35,41)(H,36,37);1H. The number of furan rings is 1. The predicted octanol–water partition coefficient (Wildman–Crippen LogP) is 2.99. The Bertz CT molecular complexity index is 1430. The first-order valence-electron chi connectivity index (χ1n) is 16.3. The highest BCUT2D eigenvalue weighted by Gasteiger charge is 2.13. The van der Waals surface area contributed by atoms with Gasteiger partial charge in [0, 0.05) is 30.5 Å². The Labute approximate surface area is 292 Å². The summed E-state index contributed by atoms with van der Waals surface area (Å²) in [6, 6.07) is 11.0. The van der Waals surface area contributed by atoms with Crippen LogP contribution in [0.15, 0.2) is 59.6 Å². The van der Waals surface area contributed by atoms with Crippen molar-refractivity contribution >= 4 is 29.9 Å². The highest BCUT2D eigenvalue weighted by molar-refractivity contribution is 5.95. The Morgan fingerprint density at radius 1 is 0.796 bits per heavy atom. The van der Waals surface area contributed by atoms with Gasteiger partial charge in [0.15, 0.2) is 5.65 Å². The number of rotatable bonds is 27. The number of fused-ring (bicyclic) bond motifs is 1. The Morgan fingerprint density at radius 3 is 2.00 bits per heavy atom. The maximum Gasteiger partial charge on any atom is 0.251 e. The Morgan fingerprint density at radius 2 is 1.41 bits per heavy atom. The van der Waals surface area contributed by atoms with Gasteiger partial charge in [-0.3, -0.25) is 9.20 Å². The minimum absolute atomic E-state index is 0. The fourth-order valence-corrected chi connectivity index (χ4v) is 4.42. The van der Waals surface area contributed by atoms with E-state index in [1.807, 2.05) is 24.3 Å². The van der Waals surface area contributed by atoms with Crippen LogP contribution in [-0.4, -0.2) is 118 Å². The van der Waals surface area contributed by atoms with Gasteiger partial charge >= 0.3 is 0 Å². The molecule has 0 aliphatic heterocycles. The number of ether oxygens (including phenoxy) is 6. The molecule has 3 aromatic heterocycles. The summed E-state index contributed by atoms with van der Waals surface area (Å²) in [6.07, 6.45) is 6.93. The van der Waals surface area contributed by atoms with Gasteiger partial charge in [-0.1, -0.05) is 12.1 Å². The molecule has 0 spiro atoms. The number of aromatic nitrogens is 4. The number of benzene rings is 1. The Kier molecular flexibility index (Phi) is 19.9. The highest BCUT2D eigenvalue weighted by atomic mass is 35.5. The molecular weight excluding hydrogens is 658 g/mol. The molecule has 0 radical (unpaired) electrons. The van der Waals surface area contributed by atoms with Crippen molar-refractivity contribution in [3.8, 4) is 11.1 Å². The maximum atomic E-state index is 12.6. The first-order valence-corrected chi connectivity index (χ1v) is 16.3.